The lowest BCUT2D eigenvalue weighted by molar-refractivity contribution is -0.141. The highest BCUT2D eigenvalue weighted by Crippen LogP contribution is 2.24. The number of amides is 2. The van der Waals surface area contributed by atoms with E-state index in [1.54, 1.807) is 35.2 Å². The molecule has 0 saturated heterocycles. The van der Waals surface area contributed by atoms with E-state index in [1.807, 2.05) is 32.9 Å². The first-order valence-corrected chi connectivity index (χ1v) is 10.6. The Morgan fingerprint density at radius 3 is 2.14 bits per heavy atom. The molecule has 1 N–H and O–H groups in total. The van der Waals surface area contributed by atoms with Crippen LogP contribution in [0.3, 0.4) is 0 Å². The lowest BCUT2D eigenvalue weighted by Crippen LogP contribution is -2.50. The predicted molar refractivity (Wildman–Crippen MR) is 120 cm³/mol. The van der Waals surface area contributed by atoms with E-state index in [9.17, 15) is 9.59 Å². The number of carbonyl (C=O) groups is 2. The summed E-state index contributed by atoms with van der Waals surface area (Å²) in [6.45, 7) is 5.99. The second-order valence-corrected chi connectivity index (χ2v) is 8.41. The fourth-order valence-electron chi connectivity index (χ4n) is 3.01. The molecule has 0 heterocycles. The van der Waals surface area contributed by atoms with Gasteiger partial charge in [-0.15, -0.1) is 0 Å². The van der Waals surface area contributed by atoms with Crippen LogP contribution in [0.2, 0.25) is 15.1 Å². The zero-order chi connectivity index (χ0) is 21.6. The minimum absolute atomic E-state index is 0.0147. The number of carbonyl (C=O) groups excluding carboxylic acids is 2. The van der Waals surface area contributed by atoms with Crippen molar-refractivity contribution in [1.29, 1.82) is 0 Å². The van der Waals surface area contributed by atoms with E-state index in [1.165, 1.54) is 0 Å². The highest BCUT2D eigenvalue weighted by atomic mass is 35.5. The Kier molecular flexibility index (Phi) is 8.81. The van der Waals surface area contributed by atoms with Crippen molar-refractivity contribution >= 4 is 46.6 Å². The Morgan fingerprint density at radius 2 is 1.59 bits per heavy atom. The summed E-state index contributed by atoms with van der Waals surface area (Å²) < 4.78 is 0. The number of halogens is 3. The second-order valence-electron chi connectivity index (χ2n) is 7.16. The first-order valence-electron chi connectivity index (χ1n) is 9.49. The predicted octanol–water partition coefficient (Wildman–Crippen LogP) is 5.52. The molecular formula is C22H25Cl3N2O2. The largest absolute Gasteiger partial charge is 0.352 e. The molecule has 0 saturated carbocycles. The van der Waals surface area contributed by atoms with Crippen LogP contribution in [-0.4, -0.2) is 28.8 Å². The van der Waals surface area contributed by atoms with Gasteiger partial charge < -0.3 is 10.2 Å². The maximum Gasteiger partial charge on any atom is 0.243 e. The Bertz CT molecular complexity index is 854. The van der Waals surface area contributed by atoms with Crippen molar-refractivity contribution in [2.45, 2.75) is 52.2 Å². The average Bonchev–Trinajstić information content (AvgIpc) is 2.65. The molecule has 0 radical (unpaired) electrons. The topological polar surface area (TPSA) is 49.4 Å². The van der Waals surface area contributed by atoms with E-state index in [4.69, 9.17) is 34.8 Å². The molecule has 1 unspecified atom stereocenters. The zero-order valence-corrected chi connectivity index (χ0v) is 19.0. The smallest absolute Gasteiger partial charge is 0.243 e. The Hall–Kier alpha value is -1.75. The van der Waals surface area contributed by atoms with Gasteiger partial charge >= 0.3 is 0 Å². The summed E-state index contributed by atoms with van der Waals surface area (Å²) >= 11 is 18.0. The first-order chi connectivity index (χ1) is 13.7. The summed E-state index contributed by atoms with van der Waals surface area (Å²) in [4.78, 5) is 27.6. The van der Waals surface area contributed by atoms with Crippen molar-refractivity contribution in [2.75, 3.05) is 0 Å². The molecule has 7 heteroatoms. The van der Waals surface area contributed by atoms with Crippen molar-refractivity contribution in [2.24, 2.45) is 0 Å². The lowest BCUT2D eigenvalue weighted by Gasteiger charge is -2.31. The van der Waals surface area contributed by atoms with E-state index >= 15 is 0 Å². The van der Waals surface area contributed by atoms with Crippen molar-refractivity contribution in [3.05, 3.63) is 68.7 Å². The molecule has 156 valence electrons. The second kappa shape index (κ2) is 10.9. The number of hydrogen-bond acceptors (Lipinski definition) is 2. The van der Waals surface area contributed by atoms with E-state index in [2.05, 4.69) is 5.32 Å². The number of rotatable bonds is 8. The first kappa shape index (κ1) is 23.5. The molecule has 0 spiro atoms. The molecule has 2 aromatic carbocycles. The van der Waals surface area contributed by atoms with Crippen LogP contribution in [0.5, 0.6) is 0 Å². The van der Waals surface area contributed by atoms with Crippen LogP contribution < -0.4 is 5.32 Å². The van der Waals surface area contributed by atoms with E-state index in [-0.39, 0.29) is 24.3 Å². The summed E-state index contributed by atoms with van der Waals surface area (Å²) in [5.74, 6) is -0.331. The highest BCUT2D eigenvalue weighted by Gasteiger charge is 2.29. The average molecular weight is 456 g/mol. The van der Waals surface area contributed by atoms with Crippen LogP contribution in [-0.2, 0) is 22.6 Å². The Balaban J connectivity index is 2.30. The molecule has 1 atom stereocenters. The van der Waals surface area contributed by atoms with Gasteiger partial charge in [-0.1, -0.05) is 59.9 Å². The molecule has 0 aliphatic rings. The molecule has 0 aliphatic carbocycles. The maximum absolute atomic E-state index is 13.2. The molecular weight excluding hydrogens is 431 g/mol. The molecule has 0 fully saturated rings. The Labute approximate surface area is 187 Å². The van der Waals surface area contributed by atoms with Gasteiger partial charge in [-0.3, -0.25) is 9.59 Å². The van der Waals surface area contributed by atoms with Gasteiger partial charge in [0.1, 0.15) is 6.04 Å². The van der Waals surface area contributed by atoms with Gasteiger partial charge in [-0.2, -0.15) is 0 Å². The fraction of sp³-hybridized carbons (Fsp3) is 0.364. The summed E-state index contributed by atoms with van der Waals surface area (Å²) in [6.07, 6.45) is 0.620. The van der Waals surface area contributed by atoms with Crippen molar-refractivity contribution in [3.8, 4) is 0 Å². The van der Waals surface area contributed by atoms with Crippen molar-refractivity contribution in [1.82, 2.24) is 10.2 Å². The van der Waals surface area contributed by atoms with Gasteiger partial charge in [-0.25, -0.2) is 0 Å². The van der Waals surface area contributed by atoms with Gasteiger partial charge in [0, 0.05) is 17.6 Å². The maximum atomic E-state index is 13.2. The molecule has 2 amide bonds. The van der Waals surface area contributed by atoms with Crippen molar-refractivity contribution in [3.63, 3.8) is 0 Å². The fourth-order valence-corrected chi connectivity index (χ4v) is 3.46. The van der Waals surface area contributed by atoms with Gasteiger partial charge in [0.15, 0.2) is 0 Å². The normalized spacial score (nSPS) is 12.0. The molecule has 0 aliphatic heterocycles. The van der Waals surface area contributed by atoms with Crippen LogP contribution in [0.25, 0.3) is 0 Å². The SMILES string of the molecule is CCC(C(=O)NC(C)C)N(Cc1ccc(Cl)cc1)C(=O)Cc1ccc(Cl)c(Cl)c1. The van der Waals surface area contributed by atoms with Gasteiger partial charge in [-0.05, 0) is 55.7 Å². The molecule has 4 nitrogen and oxygen atoms in total. The number of nitrogens with one attached hydrogen (secondary N) is 1. The van der Waals surface area contributed by atoms with Crippen molar-refractivity contribution < 1.29 is 9.59 Å². The van der Waals surface area contributed by atoms with Gasteiger partial charge in [0.05, 0.1) is 16.5 Å². The molecule has 2 rings (SSSR count). The Morgan fingerprint density at radius 1 is 0.966 bits per heavy atom. The summed E-state index contributed by atoms with van der Waals surface area (Å²) in [7, 11) is 0. The van der Waals surface area contributed by atoms with E-state index in [0.717, 1.165) is 11.1 Å². The molecule has 0 aromatic heterocycles. The van der Waals surface area contributed by atoms with Crippen LogP contribution in [0, 0.1) is 0 Å². The summed E-state index contributed by atoms with van der Waals surface area (Å²) in [5, 5.41) is 4.36. The monoisotopic (exact) mass is 454 g/mol. The number of benzene rings is 2. The standard InChI is InChI=1S/C22H25Cl3N2O2/c1-4-20(22(29)26-14(2)3)27(13-15-5-8-17(23)9-6-15)21(28)12-16-7-10-18(24)19(25)11-16/h5-11,14,20H,4,12-13H2,1-3H3,(H,26,29). The minimum Gasteiger partial charge on any atom is -0.352 e. The van der Waals surface area contributed by atoms with Crippen LogP contribution in [0.15, 0.2) is 42.5 Å². The molecule has 2 aromatic rings. The van der Waals surface area contributed by atoms with Gasteiger partial charge in [0.2, 0.25) is 11.8 Å². The quantitative estimate of drug-likeness (QED) is 0.569. The molecule has 0 bridgehead atoms. The van der Waals surface area contributed by atoms with Crippen LogP contribution in [0.1, 0.15) is 38.3 Å². The zero-order valence-electron chi connectivity index (χ0n) is 16.7. The van der Waals surface area contributed by atoms with E-state index < -0.39 is 6.04 Å². The third-order valence-electron chi connectivity index (χ3n) is 4.42. The number of nitrogens with zero attached hydrogens (tertiary/aromatic N) is 1. The highest BCUT2D eigenvalue weighted by molar-refractivity contribution is 6.42. The van der Waals surface area contributed by atoms with E-state index in [0.29, 0.717) is 28.0 Å². The molecule has 29 heavy (non-hydrogen) atoms. The van der Waals surface area contributed by atoms with Crippen LogP contribution in [0.4, 0.5) is 0 Å². The summed E-state index contributed by atoms with van der Waals surface area (Å²) in [5.41, 5.74) is 1.64. The van der Waals surface area contributed by atoms with Gasteiger partial charge in [0.25, 0.3) is 0 Å². The lowest BCUT2D eigenvalue weighted by atomic mass is 10.1. The minimum atomic E-state index is -0.580. The number of hydrogen-bond donors (Lipinski definition) is 1. The van der Waals surface area contributed by atoms with Crippen LogP contribution >= 0.6 is 34.8 Å². The summed E-state index contributed by atoms with van der Waals surface area (Å²) in [6, 6.07) is 11.8. The third kappa shape index (κ3) is 6.91. The third-order valence-corrected chi connectivity index (χ3v) is 5.41.